The molecule has 0 spiro atoms. The Labute approximate surface area is 68.0 Å². The number of ether oxygens (including phenoxy) is 2. The molecule has 6 heteroatoms. The van der Waals surface area contributed by atoms with Crippen LogP contribution in [0.15, 0.2) is 6.26 Å². The summed E-state index contributed by atoms with van der Waals surface area (Å²) in [6, 6.07) is 0. The van der Waals surface area contributed by atoms with Crippen LogP contribution < -0.4 is 0 Å². The second-order valence-corrected chi connectivity index (χ2v) is 1.75. The molecule has 1 unspecified atom stereocenters. The molecule has 0 heterocycles. The second kappa shape index (κ2) is 6.36. The summed E-state index contributed by atoms with van der Waals surface area (Å²) in [5.74, 6) is 1.19. The van der Waals surface area contributed by atoms with E-state index in [1.807, 2.05) is 0 Å². The van der Waals surface area contributed by atoms with Crippen molar-refractivity contribution in [2.45, 2.75) is 6.10 Å². The molecule has 2 N–H and O–H groups in total. The predicted octanol–water partition coefficient (Wildman–Crippen LogP) is -1.16. The van der Waals surface area contributed by atoms with E-state index in [2.05, 4.69) is 9.47 Å². The van der Waals surface area contributed by atoms with Gasteiger partial charge in [0.2, 0.25) is 0 Å². The van der Waals surface area contributed by atoms with Crippen molar-refractivity contribution in [3.05, 3.63) is 6.26 Å². The van der Waals surface area contributed by atoms with E-state index < -0.39 is 18.9 Å². The first-order valence-corrected chi connectivity index (χ1v) is 3.02. The monoisotopic (exact) mass is 176 g/mol. The van der Waals surface area contributed by atoms with Crippen LogP contribution in [0.2, 0.25) is 0 Å². The molecule has 0 aliphatic heterocycles. The highest BCUT2D eigenvalue weighted by atomic mass is 16.7. The summed E-state index contributed by atoms with van der Waals surface area (Å²) >= 11 is 0. The summed E-state index contributed by atoms with van der Waals surface area (Å²) < 4.78 is 8.20. The number of carbonyl (C=O) groups excluding carboxylic acids is 2. The summed E-state index contributed by atoms with van der Waals surface area (Å²) in [5.41, 5.74) is 0. The van der Waals surface area contributed by atoms with Crippen molar-refractivity contribution in [3.63, 3.8) is 0 Å². The number of rotatable bonds is 4. The summed E-state index contributed by atoms with van der Waals surface area (Å²) in [6.45, 7) is -0.904. The van der Waals surface area contributed by atoms with Crippen LogP contribution in [0.4, 0.5) is 4.79 Å². The zero-order chi connectivity index (χ0) is 9.40. The Balaban J connectivity index is 3.50. The van der Waals surface area contributed by atoms with Gasteiger partial charge in [-0.3, -0.25) is 0 Å². The van der Waals surface area contributed by atoms with E-state index in [9.17, 15) is 9.59 Å². The lowest BCUT2D eigenvalue weighted by molar-refractivity contribution is 0.0126. The molecule has 6 nitrogen and oxygen atoms in total. The average Bonchev–Trinajstić information content (AvgIpc) is 2.10. The molecule has 0 aromatic carbocycles. The number of carbonyl (C=O) groups is 1. The Kier molecular flexibility index (Phi) is 5.64. The molecule has 68 valence electrons. The van der Waals surface area contributed by atoms with E-state index in [0.717, 1.165) is 0 Å². The van der Waals surface area contributed by atoms with Gasteiger partial charge >= 0.3 is 6.16 Å². The van der Waals surface area contributed by atoms with Gasteiger partial charge in [0.05, 0.1) is 6.61 Å². The first-order valence-electron chi connectivity index (χ1n) is 3.02. The molecule has 0 fully saturated rings. The van der Waals surface area contributed by atoms with Crippen LogP contribution in [0.1, 0.15) is 0 Å². The molecule has 0 radical (unpaired) electrons. The first-order chi connectivity index (χ1) is 5.70. The van der Waals surface area contributed by atoms with Gasteiger partial charge in [-0.1, -0.05) is 0 Å². The molecular weight excluding hydrogens is 168 g/mol. The summed E-state index contributed by atoms with van der Waals surface area (Å²) in [5, 5.41) is 16.9. The van der Waals surface area contributed by atoms with Gasteiger partial charge in [0.15, 0.2) is 12.2 Å². The minimum absolute atomic E-state index is 0.387. The fourth-order valence-corrected chi connectivity index (χ4v) is 0.323. The predicted molar refractivity (Wildman–Crippen MR) is 35.8 cm³/mol. The van der Waals surface area contributed by atoms with E-state index in [1.54, 1.807) is 0 Å². The lowest BCUT2D eigenvalue weighted by Gasteiger charge is -2.05. The zero-order valence-corrected chi connectivity index (χ0v) is 6.10. The first kappa shape index (κ1) is 10.6. The third kappa shape index (κ3) is 5.43. The molecule has 0 aliphatic carbocycles. The van der Waals surface area contributed by atoms with Crippen molar-refractivity contribution in [2.24, 2.45) is 0 Å². The van der Waals surface area contributed by atoms with Crippen molar-refractivity contribution in [3.8, 4) is 0 Å². The topological polar surface area (TPSA) is 93.1 Å². The van der Waals surface area contributed by atoms with E-state index in [4.69, 9.17) is 10.2 Å². The molecular formula is C6H8O6. The van der Waals surface area contributed by atoms with E-state index in [0.29, 0.717) is 6.26 Å². The summed E-state index contributed by atoms with van der Waals surface area (Å²) in [6.07, 6.45) is -1.79. The molecule has 12 heavy (non-hydrogen) atoms. The average molecular weight is 176 g/mol. The number of hydrogen-bond donors (Lipinski definition) is 2. The van der Waals surface area contributed by atoms with Gasteiger partial charge in [-0.15, -0.1) is 0 Å². The Morgan fingerprint density at radius 3 is 2.83 bits per heavy atom. The highest BCUT2D eigenvalue weighted by Crippen LogP contribution is 1.88. The smallest absolute Gasteiger partial charge is 0.431 e. The van der Waals surface area contributed by atoms with Crippen LogP contribution in [-0.2, 0) is 14.3 Å². The fraction of sp³-hybridized carbons (Fsp3) is 0.500. The molecule has 0 aromatic heterocycles. The maximum Gasteiger partial charge on any atom is 0.514 e. The summed E-state index contributed by atoms with van der Waals surface area (Å²) in [4.78, 5) is 19.9. The number of aliphatic hydroxyl groups excluding tert-OH is 2. The zero-order valence-electron chi connectivity index (χ0n) is 6.10. The Bertz CT molecular complexity index is 182. The third-order valence-corrected chi connectivity index (χ3v) is 0.808. The summed E-state index contributed by atoms with van der Waals surface area (Å²) in [7, 11) is 0. The van der Waals surface area contributed by atoms with E-state index in [-0.39, 0.29) is 6.61 Å². The largest absolute Gasteiger partial charge is 0.514 e. The van der Waals surface area contributed by atoms with Gasteiger partial charge in [0.25, 0.3) is 0 Å². The van der Waals surface area contributed by atoms with Gasteiger partial charge < -0.3 is 19.7 Å². The molecule has 0 aliphatic rings. The SMILES string of the molecule is O=C=COC(=O)OCC(O)CO. The molecule has 0 rings (SSSR count). The van der Waals surface area contributed by atoms with Gasteiger partial charge in [0.1, 0.15) is 12.7 Å². The van der Waals surface area contributed by atoms with Crippen LogP contribution in [0.5, 0.6) is 0 Å². The van der Waals surface area contributed by atoms with Crippen LogP contribution >= 0.6 is 0 Å². The van der Waals surface area contributed by atoms with Gasteiger partial charge in [0, 0.05) is 0 Å². The number of aliphatic hydroxyl groups is 2. The van der Waals surface area contributed by atoms with Crippen molar-refractivity contribution in [1.29, 1.82) is 0 Å². The molecule has 0 aromatic rings. The minimum Gasteiger partial charge on any atom is -0.431 e. The third-order valence-electron chi connectivity index (χ3n) is 0.808. The maximum atomic E-state index is 10.4. The van der Waals surface area contributed by atoms with Crippen LogP contribution in [0.25, 0.3) is 0 Å². The Hall–Kier alpha value is -1.36. The molecule has 0 saturated heterocycles. The van der Waals surface area contributed by atoms with E-state index in [1.165, 1.54) is 5.94 Å². The Morgan fingerprint density at radius 2 is 2.33 bits per heavy atom. The maximum absolute atomic E-state index is 10.4. The standard InChI is InChI=1S/C6H8O6/c7-1-2-11-6(10)12-4-5(9)3-8/h2,5,8-9H,3-4H2. The van der Waals surface area contributed by atoms with Crippen molar-refractivity contribution < 1.29 is 29.3 Å². The minimum atomic E-state index is -1.14. The molecule has 0 amide bonds. The van der Waals surface area contributed by atoms with Crippen LogP contribution in [0.3, 0.4) is 0 Å². The van der Waals surface area contributed by atoms with Gasteiger partial charge in [-0.25, -0.2) is 9.59 Å². The highest BCUT2D eigenvalue weighted by molar-refractivity contribution is 5.62. The Morgan fingerprint density at radius 1 is 1.67 bits per heavy atom. The number of hydrogen-bond acceptors (Lipinski definition) is 6. The normalized spacial score (nSPS) is 11.2. The molecule has 0 bridgehead atoms. The van der Waals surface area contributed by atoms with Crippen LogP contribution in [0, 0.1) is 0 Å². The second-order valence-electron chi connectivity index (χ2n) is 1.75. The highest BCUT2D eigenvalue weighted by Gasteiger charge is 2.07. The quantitative estimate of drug-likeness (QED) is 0.319. The molecule has 1 atom stereocenters. The van der Waals surface area contributed by atoms with Gasteiger partial charge in [-0.05, 0) is 0 Å². The fourth-order valence-electron chi connectivity index (χ4n) is 0.323. The van der Waals surface area contributed by atoms with Crippen molar-refractivity contribution >= 4 is 12.1 Å². The van der Waals surface area contributed by atoms with E-state index >= 15 is 0 Å². The molecule has 0 saturated carbocycles. The van der Waals surface area contributed by atoms with Gasteiger partial charge in [-0.2, -0.15) is 0 Å². The lowest BCUT2D eigenvalue weighted by atomic mass is 10.4. The lowest BCUT2D eigenvalue weighted by Crippen LogP contribution is -2.21. The van der Waals surface area contributed by atoms with Crippen LogP contribution in [-0.4, -0.2) is 41.6 Å². The van der Waals surface area contributed by atoms with Crippen molar-refractivity contribution in [1.82, 2.24) is 0 Å². The van der Waals surface area contributed by atoms with Crippen molar-refractivity contribution in [2.75, 3.05) is 13.2 Å².